The van der Waals surface area contributed by atoms with Crippen LogP contribution in [0.4, 0.5) is 0 Å². The van der Waals surface area contributed by atoms with Crippen molar-refractivity contribution in [3.8, 4) is 0 Å². The maximum Gasteiger partial charge on any atom is 0.276 e. The lowest BCUT2D eigenvalue weighted by Gasteiger charge is -2.48. The van der Waals surface area contributed by atoms with Crippen LogP contribution in [-0.4, -0.2) is 68.7 Å². The third-order valence-electron chi connectivity index (χ3n) is 4.93. The van der Waals surface area contributed by atoms with Crippen molar-refractivity contribution in [1.29, 1.82) is 0 Å². The summed E-state index contributed by atoms with van der Waals surface area (Å²) >= 11 is 0. The minimum absolute atomic E-state index is 0.148. The molecule has 3 heterocycles. The lowest BCUT2D eigenvalue weighted by atomic mass is 9.83. The Balaban J connectivity index is 1.70. The number of piperidine rings is 2. The van der Waals surface area contributed by atoms with E-state index < -0.39 is 5.54 Å². The van der Waals surface area contributed by atoms with Crippen LogP contribution in [0.15, 0.2) is 6.20 Å². The molecule has 2 aliphatic heterocycles. The number of H-pyrrole nitrogens is 1. The third kappa shape index (κ3) is 2.58. The quantitative estimate of drug-likeness (QED) is 0.800. The summed E-state index contributed by atoms with van der Waals surface area (Å²) < 4.78 is 0. The molecule has 0 aromatic carbocycles. The van der Waals surface area contributed by atoms with Crippen LogP contribution in [0.25, 0.3) is 0 Å². The van der Waals surface area contributed by atoms with Gasteiger partial charge in [-0.15, -0.1) is 0 Å². The predicted octanol–water partition coefficient (Wildman–Crippen LogP) is -0.249. The van der Waals surface area contributed by atoms with Crippen LogP contribution in [0.1, 0.15) is 42.6 Å². The number of primary amides is 1. The second kappa shape index (κ2) is 6.04. The summed E-state index contributed by atoms with van der Waals surface area (Å²) in [6, 6.07) is 0. The van der Waals surface area contributed by atoms with Crippen LogP contribution in [0.3, 0.4) is 0 Å². The fourth-order valence-corrected chi connectivity index (χ4v) is 3.59. The second-order valence-corrected chi connectivity index (χ2v) is 6.09. The number of aromatic amines is 1. The van der Waals surface area contributed by atoms with Crippen molar-refractivity contribution < 1.29 is 9.59 Å². The molecular formula is C14H22N6O2. The molecule has 1 aromatic rings. The van der Waals surface area contributed by atoms with Crippen LogP contribution in [0, 0.1) is 0 Å². The van der Waals surface area contributed by atoms with Crippen molar-refractivity contribution in [3.05, 3.63) is 11.9 Å². The molecule has 1 aromatic heterocycles. The van der Waals surface area contributed by atoms with E-state index in [2.05, 4.69) is 20.3 Å². The number of carbonyl (C=O) groups is 2. The number of carbonyl (C=O) groups excluding carboxylic acids is 2. The average Bonchev–Trinajstić information content (AvgIpc) is 3.09. The smallest absolute Gasteiger partial charge is 0.276 e. The molecule has 0 unspecified atom stereocenters. The monoisotopic (exact) mass is 306 g/mol. The van der Waals surface area contributed by atoms with Crippen molar-refractivity contribution in [2.45, 2.75) is 37.6 Å². The van der Waals surface area contributed by atoms with Crippen molar-refractivity contribution in [2.24, 2.45) is 5.73 Å². The summed E-state index contributed by atoms with van der Waals surface area (Å²) in [6.07, 6.45) is 6.02. The zero-order valence-corrected chi connectivity index (χ0v) is 12.6. The van der Waals surface area contributed by atoms with Crippen LogP contribution >= 0.6 is 0 Å². The van der Waals surface area contributed by atoms with Gasteiger partial charge in [0, 0.05) is 13.1 Å². The fourth-order valence-electron chi connectivity index (χ4n) is 3.59. The second-order valence-electron chi connectivity index (χ2n) is 6.09. The molecule has 3 rings (SSSR count). The number of nitrogens with zero attached hydrogens (tertiary/aromatic N) is 4. The number of hydrogen-bond donors (Lipinski definition) is 2. The van der Waals surface area contributed by atoms with Gasteiger partial charge in [-0.25, -0.2) is 0 Å². The van der Waals surface area contributed by atoms with E-state index in [1.54, 1.807) is 4.90 Å². The average molecular weight is 306 g/mol. The van der Waals surface area contributed by atoms with Gasteiger partial charge in [-0.1, -0.05) is 6.42 Å². The number of nitrogens with two attached hydrogens (primary N) is 1. The van der Waals surface area contributed by atoms with Crippen molar-refractivity contribution in [2.75, 3.05) is 26.2 Å². The van der Waals surface area contributed by atoms with Gasteiger partial charge in [0.2, 0.25) is 5.91 Å². The highest BCUT2D eigenvalue weighted by atomic mass is 16.2. The van der Waals surface area contributed by atoms with Gasteiger partial charge in [-0.3, -0.25) is 14.5 Å². The number of aromatic nitrogens is 3. The molecule has 2 amide bonds. The Labute approximate surface area is 129 Å². The molecule has 8 heteroatoms. The highest BCUT2D eigenvalue weighted by Crippen LogP contribution is 2.31. The predicted molar refractivity (Wildman–Crippen MR) is 78.9 cm³/mol. The first kappa shape index (κ1) is 15.0. The molecule has 120 valence electrons. The van der Waals surface area contributed by atoms with Gasteiger partial charge in [-0.05, 0) is 38.8 Å². The molecular weight excluding hydrogens is 284 g/mol. The molecule has 3 N–H and O–H groups in total. The number of hydrogen-bond acceptors (Lipinski definition) is 5. The van der Waals surface area contributed by atoms with E-state index in [0.29, 0.717) is 31.6 Å². The normalized spacial score (nSPS) is 22.5. The number of nitrogens with one attached hydrogen (secondary N) is 1. The Bertz CT molecular complexity index is 530. The lowest BCUT2D eigenvalue weighted by Crippen LogP contribution is -2.63. The van der Waals surface area contributed by atoms with Crippen molar-refractivity contribution >= 4 is 11.8 Å². The molecule has 0 atom stereocenters. The van der Waals surface area contributed by atoms with Crippen molar-refractivity contribution in [3.63, 3.8) is 0 Å². The van der Waals surface area contributed by atoms with E-state index in [1.807, 2.05) is 0 Å². The minimum Gasteiger partial charge on any atom is -0.368 e. The van der Waals surface area contributed by atoms with E-state index in [1.165, 1.54) is 12.6 Å². The largest absolute Gasteiger partial charge is 0.368 e. The highest BCUT2D eigenvalue weighted by molar-refractivity contribution is 5.92. The number of rotatable bonds is 3. The van der Waals surface area contributed by atoms with Gasteiger partial charge in [-0.2, -0.15) is 15.4 Å². The zero-order chi connectivity index (χ0) is 15.6. The molecule has 2 saturated heterocycles. The Hall–Kier alpha value is -1.96. The van der Waals surface area contributed by atoms with Gasteiger partial charge in [0.1, 0.15) is 5.54 Å². The van der Waals surface area contributed by atoms with Gasteiger partial charge in [0.05, 0.1) is 6.20 Å². The summed E-state index contributed by atoms with van der Waals surface area (Å²) in [4.78, 5) is 28.4. The Kier molecular flexibility index (Phi) is 4.10. The Morgan fingerprint density at radius 3 is 2.36 bits per heavy atom. The minimum atomic E-state index is -0.596. The molecule has 8 nitrogen and oxygen atoms in total. The van der Waals surface area contributed by atoms with E-state index in [9.17, 15) is 9.59 Å². The zero-order valence-electron chi connectivity index (χ0n) is 12.6. The number of likely N-dealkylation sites (tertiary alicyclic amines) is 2. The molecule has 2 aliphatic rings. The first-order chi connectivity index (χ1) is 10.6. The van der Waals surface area contributed by atoms with Crippen molar-refractivity contribution in [1.82, 2.24) is 25.2 Å². The van der Waals surface area contributed by atoms with Gasteiger partial charge in [0.15, 0.2) is 5.69 Å². The summed E-state index contributed by atoms with van der Waals surface area (Å²) in [5.74, 6) is -0.409. The van der Waals surface area contributed by atoms with Gasteiger partial charge in [0.25, 0.3) is 5.91 Å². The van der Waals surface area contributed by atoms with E-state index in [-0.39, 0.29) is 11.8 Å². The fraction of sp³-hybridized carbons (Fsp3) is 0.714. The Morgan fingerprint density at radius 2 is 1.82 bits per heavy atom. The van der Waals surface area contributed by atoms with E-state index in [0.717, 1.165) is 25.9 Å². The van der Waals surface area contributed by atoms with Crippen LogP contribution < -0.4 is 5.73 Å². The molecule has 22 heavy (non-hydrogen) atoms. The number of amides is 2. The molecule has 2 fully saturated rings. The van der Waals surface area contributed by atoms with Gasteiger partial charge < -0.3 is 10.6 Å². The molecule has 0 spiro atoms. The summed E-state index contributed by atoms with van der Waals surface area (Å²) in [7, 11) is 0. The lowest BCUT2D eigenvalue weighted by molar-refractivity contribution is -0.134. The van der Waals surface area contributed by atoms with Crippen LogP contribution in [-0.2, 0) is 4.79 Å². The molecule has 0 saturated carbocycles. The molecule has 0 radical (unpaired) electrons. The third-order valence-corrected chi connectivity index (χ3v) is 4.93. The Morgan fingerprint density at radius 1 is 1.14 bits per heavy atom. The summed E-state index contributed by atoms with van der Waals surface area (Å²) in [5.41, 5.74) is 5.45. The standard InChI is InChI=1S/C14H22N6O2/c15-13(22)14(20-6-2-1-3-7-20)4-8-19(9-5-14)12(21)11-10-16-18-17-11/h10H,1-9H2,(H2,15,22)(H,16,17,18). The first-order valence-corrected chi connectivity index (χ1v) is 7.83. The summed E-state index contributed by atoms with van der Waals surface area (Å²) in [6.45, 7) is 2.87. The van der Waals surface area contributed by atoms with Gasteiger partial charge >= 0.3 is 0 Å². The SMILES string of the molecule is NC(=O)C1(N2CCCCC2)CCN(C(=O)c2cn[nH]n2)CC1. The molecule has 0 aliphatic carbocycles. The van der Waals surface area contributed by atoms with Crippen LogP contribution in [0.2, 0.25) is 0 Å². The van der Waals surface area contributed by atoms with E-state index >= 15 is 0 Å². The van der Waals surface area contributed by atoms with E-state index in [4.69, 9.17) is 5.73 Å². The maximum absolute atomic E-state index is 12.3. The van der Waals surface area contributed by atoms with Crippen LogP contribution in [0.5, 0.6) is 0 Å². The molecule has 0 bridgehead atoms. The first-order valence-electron chi connectivity index (χ1n) is 7.83. The summed E-state index contributed by atoms with van der Waals surface area (Å²) in [5, 5.41) is 9.93. The topological polar surface area (TPSA) is 108 Å². The highest BCUT2D eigenvalue weighted by Gasteiger charge is 2.45. The maximum atomic E-state index is 12.3.